The zero-order valence-corrected chi connectivity index (χ0v) is 9.45. The minimum absolute atomic E-state index is 0.0152. The third-order valence-corrected chi connectivity index (χ3v) is 3.18. The van der Waals surface area contributed by atoms with Crippen LogP contribution in [0.2, 0.25) is 0 Å². The lowest BCUT2D eigenvalue weighted by Crippen LogP contribution is -2.36. The van der Waals surface area contributed by atoms with Gasteiger partial charge in [-0.15, -0.1) is 0 Å². The number of benzene rings is 1. The van der Waals surface area contributed by atoms with Crippen molar-refractivity contribution in [2.75, 3.05) is 13.1 Å². The molecule has 0 N–H and O–H groups in total. The van der Waals surface area contributed by atoms with Gasteiger partial charge in [0.1, 0.15) is 5.82 Å². The van der Waals surface area contributed by atoms with E-state index < -0.39 is 0 Å². The fourth-order valence-electron chi connectivity index (χ4n) is 2.18. The Hall–Kier alpha value is -1.22. The second-order valence-corrected chi connectivity index (χ2v) is 4.29. The largest absolute Gasteiger partial charge is 0.294 e. The number of hydrogen-bond acceptors (Lipinski definition) is 2. The fourth-order valence-corrected chi connectivity index (χ4v) is 2.18. The Morgan fingerprint density at radius 1 is 1.38 bits per heavy atom. The van der Waals surface area contributed by atoms with Gasteiger partial charge in [0.25, 0.3) is 0 Å². The highest BCUT2D eigenvalue weighted by Crippen LogP contribution is 2.15. The predicted molar refractivity (Wildman–Crippen MR) is 61.0 cm³/mol. The van der Waals surface area contributed by atoms with E-state index in [1.807, 2.05) is 6.92 Å². The molecular weight excluding hydrogens is 205 g/mol. The van der Waals surface area contributed by atoms with Crippen molar-refractivity contribution in [1.82, 2.24) is 4.90 Å². The molecule has 0 aromatic heterocycles. The molecule has 1 atom stereocenters. The van der Waals surface area contributed by atoms with E-state index in [4.69, 9.17) is 0 Å². The van der Waals surface area contributed by atoms with Crippen LogP contribution in [0.3, 0.4) is 0 Å². The highest BCUT2D eigenvalue weighted by molar-refractivity contribution is 5.99. The van der Waals surface area contributed by atoms with Crippen LogP contribution in [0.25, 0.3) is 0 Å². The molecule has 0 spiro atoms. The van der Waals surface area contributed by atoms with Gasteiger partial charge in [-0.2, -0.15) is 0 Å². The highest BCUT2D eigenvalue weighted by Gasteiger charge is 2.24. The number of carbonyl (C=O) groups excluding carboxylic acids is 1. The molecule has 1 aromatic rings. The van der Waals surface area contributed by atoms with Crippen LogP contribution in [0.5, 0.6) is 0 Å². The van der Waals surface area contributed by atoms with E-state index in [1.54, 1.807) is 12.1 Å². The van der Waals surface area contributed by atoms with E-state index in [-0.39, 0.29) is 17.6 Å². The molecule has 2 rings (SSSR count). The number of Topliss-reactive ketones (excluding diaryl/α,β-unsaturated/α-hetero) is 1. The molecule has 1 fully saturated rings. The fraction of sp³-hybridized carbons (Fsp3) is 0.462. The topological polar surface area (TPSA) is 20.3 Å². The molecule has 0 unspecified atom stereocenters. The molecule has 1 heterocycles. The summed E-state index contributed by atoms with van der Waals surface area (Å²) in [5.41, 5.74) is 0.472. The summed E-state index contributed by atoms with van der Waals surface area (Å²) in [7, 11) is 0. The summed E-state index contributed by atoms with van der Waals surface area (Å²) < 4.78 is 13.0. The van der Waals surface area contributed by atoms with Crippen LogP contribution in [-0.2, 0) is 0 Å². The Morgan fingerprint density at radius 2 is 2.06 bits per heavy atom. The molecule has 1 aromatic carbocycles. The minimum Gasteiger partial charge on any atom is -0.294 e. The van der Waals surface area contributed by atoms with Gasteiger partial charge in [0, 0.05) is 5.56 Å². The van der Waals surface area contributed by atoms with Crippen molar-refractivity contribution in [2.24, 2.45) is 0 Å². The first-order chi connectivity index (χ1) is 7.68. The summed E-state index contributed by atoms with van der Waals surface area (Å²) in [5.74, 6) is -0.333. The molecule has 0 saturated carbocycles. The average Bonchev–Trinajstić information content (AvgIpc) is 2.80. The SMILES string of the molecule is C[C@@H](C(=O)c1cccc(F)c1)N1CCCC1. The summed E-state index contributed by atoms with van der Waals surface area (Å²) in [5, 5.41) is 0. The van der Waals surface area contributed by atoms with E-state index >= 15 is 0 Å². The Bertz CT molecular complexity index is 385. The first-order valence-electron chi connectivity index (χ1n) is 5.72. The van der Waals surface area contributed by atoms with Crippen molar-refractivity contribution in [3.8, 4) is 0 Å². The molecule has 0 aliphatic carbocycles. The lowest BCUT2D eigenvalue weighted by atomic mass is 10.0. The monoisotopic (exact) mass is 221 g/mol. The molecule has 1 aliphatic rings. The Balaban J connectivity index is 2.12. The van der Waals surface area contributed by atoms with Gasteiger partial charge < -0.3 is 0 Å². The van der Waals surface area contributed by atoms with Crippen LogP contribution in [0.1, 0.15) is 30.1 Å². The van der Waals surface area contributed by atoms with Crippen LogP contribution in [0, 0.1) is 5.82 Å². The Morgan fingerprint density at radius 3 is 2.69 bits per heavy atom. The van der Waals surface area contributed by atoms with E-state index in [2.05, 4.69) is 4.90 Å². The third kappa shape index (κ3) is 2.30. The van der Waals surface area contributed by atoms with E-state index in [0.29, 0.717) is 5.56 Å². The van der Waals surface area contributed by atoms with E-state index in [9.17, 15) is 9.18 Å². The van der Waals surface area contributed by atoms with E-state index in [1.165, 1.54) is 12.1 Å². The normalized spacial score (nSPS) is 18.6. The number of halogens is 1. The molecule has 2 nitrogen and oxygen atoms in total. The van der Waals surface area contributed by atoms with Gasteiger partial charge in [0.05, 0.1) is 6.04 Å². The highest BCUT2D eigenvalue weighted by atomic mass is 19.1. The first kappa shape index (κ1) is 11.3. The summed E-state index contributed by atoms with van der Waals surface area (Å²) in [6.45, 7) is 3.85. The first-order valence-corrected chi connectivity index (χ1v) is 5.72. The van der Waals surface area contributed by atoms with Gasteiger partial charge in [0.2, 0.25) is 0 Å². The summed E-state index contributed by atoms with van der Waals surface area (Å²) >= 11 is 0. The number of carbonyl (C=O) groups is 1. The van der Waals surface area contributed by atoms with Gasteiger partial charge in [-0.25, -0.2) is 4.39 Å². The van der Waals surface area contributed by atoms with Crippen molar-refractivity contribution in [1.29, 1.82) is 0 Å². The van der Waals surface area contributed by atoms with Gasteiger partial charge in [-0.05, 0) is 45.0 Å². The number of likely N-dealkylation sites (tertiary alicyclic amines) is 1. The van der Waals surface area contributed by atoms with Crippen LogP contribution in [0.15, 0.2) is 24.3 Å². The van der Waals surface area contributed by atoms with Gasteiger partial charge in [-0.1, -0.05) is 12.1 Å². The molecule has 0 amide bonds. The zero-order chi connectivity index (χ0) is 11.5. The lowest BCUT2D eigenvalue weighted by Gasteiger charge is -2.22. The second kappa shape index (κ2) is 4.74. The molecule has 0 radical (unpaired) electrons. The van der Waals surface area contributed by atoms with Gasteiger partial charge in [0.15, 0.2) is 5.78 Å². The van der Waals surface area contributed by atoms with Crippen molar-refractivity contribution in [3.63, 3.8) is 0 Å². The number of hydrogen-bond donors (Lipinski definition) is 0. The van der Waals surface area contributed by atoms with Crippen molar-refractivity contribution in [3.05, 3.63) is 35.6 Å². The van der Waals surface area contributed by atoms with Crippen LogP contribution >= 0.6 is 0 Å². The summed E-state index contributed by atoms with van der Waals surface area (Å²) in [6.07, 6.45) is 2.31. The number of nitrogens with zero attached hydrogens (tertiary/aromatic N) is 1. The van der Waals surface area contributed by atoms with Crippen molar-refractivity contribution < 1.29 is 9.18 Å². The van der Waals surface area contributed by atoms with Crippen molar-refractivity contribution >= 4 is 5.78 Å². The Labute approximate surface area is 95.1 Å². The molecule has 1 aliphatic heterocycles. The molecule has 86 valence electrons. The predicted octanol–water partition coefficient (Wildman–Crippen LogP) is 2.49. The summed E-state index contributed by atoms with van der Waals surface area (Å²) in [6, 6.07) is 5.80. The quantitative estimate of drug-likeness (QED) is 0.731. The second-order valence-electron chi connectivity index (χ2n) is 4.29. The standard InChI is InChI=1S/C13H16FNO/c1-10(15-7-2-3-8-15)13(16)11-5-4-6-12(14)9-11/h4-6,9-10H,2-3,7-8H2,1H3/t10-/m0/s1. The van der Waals surface area contributed by atoms with Gasteiger partial charge >= 0.3 is 0 Å². The molecule has 0 bridgehead atoms. The smallest absolute Gasteiger partial charge is 0.179 e. The van der Waals surface area contributed by atoms with Crippen molar-refractivity contribution in [2.45, 2.75) is 25.8 Å². The van der Waals surface area contributed by atoms with Crippen LogP contribution in [0.4, 0.5) is 4.39 Å². The Kier molecular flexibility index (Phi) is 3.34. The maximum absolute atomic E-state index is 13.0. The molecule has 16 heavy (non-hydrogen) atoms. The van der Waals surface area contributed by atoms with Crippen LogP contribution in [-0.4, -0.2) is 29.8 Å². The lowest BCUT2D eigenvalue weighted by molar-refractivity contribution is 0.0866. The number of ketones is 1. The third-order valence-electron chi connectivity index (χ3n) is 3.18. The molecular formula is C13H16FNO. The zero-order valence-electron chi connectivity index (χ0n) is 9.45. The maximum Gasteiger partial charge on any atom is 0.179 e. The van der Waals surface area contributed by atoms with Crippen LogP contribution < -0.4 is 0 Å². The minimum atomic E-state index is -0.348. The molecule has 1 saturated heterocycles. The average molecular weight is 221 g/mol. The maximum atomic E-state index is 13.0. The summed E-state index contributed by atoms with van der Waals surface area (Å²) in [4.78, 5) is 14.2. The number of rotatable bonds is 3. The van der Waals surface area contributed by atoms with E-state index in [0.717, 1.165) is 25.9 Å². The molecule has 3 heteroatoms. The van der Waals surface area contributed by atoms with Gasteiger partial charge in [-0.3, -0.25) is 9.69 Å².